The lowest BCUT2D eigenvalue weighted by molar-refractivity contribution is -0.0792. The number of carbonyl (C=O) groups is 1. The van der Waals surface area contributed by atoms with Crippen molar-refractivity contribution in [3.8, 4) is 0 Å². The van der Waals surface area contributed by atoms with E-state index < -0.39 is 0 Å². The van der Waals surface area contributed by atoms with E-state index >= 15 is 0 Å². The number of thiophene rings is 1. The van der Waals surface area contributed by atoms with E-state index in [1.54, 1.807) is 22.8 Å². The maximum atomic E-state index is 12.7. The summed E-state index contributed by atoms with van der Waals surface area (Å²) in [5, 5.41) is 6.33. The number of nitrogens with zero attached hydrogens (tertiary/aromatic N) is 2. The average molecular weight is 475 g/mol. The van der Waals surface area contributed by atoms with Gasteiger partial charge < -0.3 is 15.4 Å². The van der Waals surface area contributed by atoms with Crippen LogP contribution < -0.4 is 16.3 Å². The summed E-state index contributed by atoms with van der Waals surface area (Å²) < 4.78 is 7.78. The highest BCUT2D eigenvalue weighted by Crippen LogP contribution is 2.43. The van der Waals surface area contributed by atoms with Crippen LogP contribution in [0.15, 0.2) is 16.9 Å². The van der Waals surface area contributed by atoms with Gasteiger partial charge in [-0.2, -0.15) is 4.98 Å². The molecule has 0 radical (unpaired) electrons. The van der Waals surface area contributed by atoms with Crippen LogP contribution in [0, 0.1) is 13.8 Å². The molecule has 1 spiro atoms. The number of ether oxygens (including phenoxy) is 1. The average Bonchev–Trinajstić information content (AvgIpc) is 3.11. The number of hydrogen-bond acceptors (Lipinski definition) is 6. The molecule has 166 valence electrons. The molecule has 2 aromatic heterocycles. The number of halogens is 2. The number of hydrogen-bond donors (Lipinski definition) is 2. The molecular formula is C20H28Cl2N4O3S. The topological polar surface area (TPSA) is 85.3 Å². The molecule has 2 aliphatic rings. The second-order valence-corrected chi connectivity index (χ2v) is 8.66. The van der Waals surface area contributed by atoms with Gasteiger partial charge in [0.25, 0.3) is 5.91 Å². The molecule has 10 heteroatoms. The number of rotatable bonds is 4. The zero-order valence-electron chi connectivity index (χ0n) is 17.2. The van der Waals surface area contributed by atoms with E-state index in [-0.39, 0.29) is 42.0 Å². The number of aryl methyl sites for hydroxylation is 2. The van der Waals surface area contributed by atoms with Gasteiger partial charge in [0.15, 0.2) is 0 Å². The largest absolute Gasteiger partial charge is 0.370 e. The third kappa shape index (κ3) is 4.89. The third-order valence-electron chi connectivity index (χ3n) is 5.61. The summed E-state index contributed by atoms with van der Waals surface area (Å²) >= 11 is 1.57. The fourth-order valence-electron chi connectivity index (χ4n) is 4.19. The molecule has 0 saturated carbocycles. The van der Waals surface area contributed by atoms with Crippen molar-refractivity contribution >= 4 is 42.1 Å². The molecule has 2 aromatic rings. The van der Waals surface area contributed by atoms with E-state index in [4.69, 9.17) is 4.74 Å². The number of fused-ring (bicyclic) bond motifs is 2. The van der Waals surface area contributed by atoms with Crippen LogP contribution in [0.5, 0.6) is 0 Å². The molecule has 0 bridgehead atoms. The first kappa shape index (κ1) is 24.8. The first-order valence-electron chi connectivity index (χ1n) is 9.80. The highest BCUT2D eigenvalue weighted by Gasteiger charge is 2.40. The van der Waals surface area contributed by atoms with E-state index in [0.717, 1.165) is 49.5 Å². The fraction of sp³-hybridized carbons (Fsp3) is 0.550. The molecule has 1 amide bonds. The Bertz CT molecular complexity index is 954. The van der Waals surface area contributed by atoms with Crippen LogP contribution in [0.25, 0.3) is 0 Å². The molecule has 1 fully saturated rings. The van der Waals surface area contributed by atoms with Crippen LogP contribution in [0.4, 0.5) is 0 Å². The lowest BCUT2D eigenvalue weighted by Gasteiger charge is -2.40. The van der Waals surface area contributed by atoms with Gasteiger partial charge in [0.2, 0.25) is 0 Å². The molecule has 30 heavy (non-hydrogen) atoms. The van der Waals surface area contributed by atoms with Crippen molar-refractivity contribution in [3.05, 3.63) is 49.3 Å². The van der Waals surface area contributed by atoms with Crippen LogP contribution in [-0.4, -0.2) is 41.7 Å². The molecular weight excluding hydrogens is 447 g/mol. The Kier molecular flexibility index (Phi) is 8.47. The van der Waals surface area contributed by atoms with Gasteiger partial charge in [-0.25, -0.2) is 4.79 Å². The summed E-state index contributed by atoms with van der Waals surface area (Å²) in [5.74, 6) is -0.0887. The Balaban J connectivity index is 0.00000160. The molecule has 7 nitrogen and oxygen atoms in total. The first-order chi connectivity index (χ1) is 13.5. The van der Waals surface area contributed by atoms with E-state index in [1.807, 2.05) is 19.1 Å². The summed E-state index contributed by atoms with van der Waals surface area (Å²) in [4.78, 5) is 30.7. The smallest absolute Gasteiger partial charge is 0.348 e. The summed E-state index contributed by atoms with van der Waals surface area (Å²) in [6.07, 6.45) is 2.76. The van der Waals surface area contributed by atoms with Gasteiger partial charge in [-0.15, -0.1) is 36.2 Å². The van der Waals surface area contributed by atoms with Crippen molar-refractivity contribution in [3.63, 3.8) is 0 Å². The van der Waals surface area contributed by atoms with Crippen LogP contribution in [0.3, 0.4) is 0 Å². The molecule has 0 aromatic carbocycles. The number of piperidine rings is 1. The van der Waals surface area contributed by atoms with Gasteiger partial charge in [-0.05, 0) is 57.5 Å². The van der Waals surface area contributed by atoms with Gasteiger partial charge in [0, 0.05) is 35.8 Å². The standard InChI is InChI=1S/C20H26N4O3S.2ClH/c1-13-11-14(2)24(19(26)23-13)9-8-22-18(25)17-12-15-16(28-17)3-10-27-20(15)4-6-21-7-5-20;;/h11-12,21H,3-10H2,1-2H3,(H,22,25);2*1H. The Hall–Kier alpha value is -1.45. The van der Waals surface area contributed by atoms with Crippen molar-refractivity contribution in [2.24, 2.45) is 0 Å². The van der Waals surface area contributed by atoms with E-state index in [9.17, 15) is 9.59 Å². The van der Waals surface area contributed by atoms with Crippen molar-refractivity contribution in [2.45, 2.75) is 45.3 Å². The van der Waals surface area contributed by atoms with Crippen molar-refractivity contribution in [1.29, 1.82) is 0 Å². The molecule has 4 rings (SSSR count). The molecule has 4 heterocycles. The van der Waals surface area contributed by atoms with Gasteiger partial charge in [0.1, 0.15) is 0 Å². The van der Waals surface area contributed by atoms with Crippen LogP contribution in [0.2, 0.25) is 0 Å². The minimum Gasteiger partial charge on any atom is -0.370 e. The van der Waals surface area contributed by atoms with Crippen LogP contribution in [-0.2, 0) is 23.3 Å². The van der Waals surface area contributed by atoms with E-state index in [0.29, 0.717) is 18.8 Å². The highest BCUT2D eigenvalue weighted by molar-refractivity contribution is 7.14. The van der Waals surface area contributed by atoms with Crippen molar-refractivity contribution < 1.29 is 9.53 Å². The minimum atomic E-state index is -0.275. The van der Waals surface area contributed by atoms with Crippen LogP contribution in [0.1, 0.15) is 44.3 Å². The normalized spacial score (nSPS) is 16.9. The molecule has 1 saturated heterocycles. The minimum absolute atomic E-state index is 0. The summed E-state index contributed by atoms with van der Waals surface area (Å²) in [7, 11) is 0. The van der Waals surface area contributed by atoms with E-state index in [1.165, 1.54) is 10.4 Å². The van der Waals surface area contributed by atoms with Crippen molar-refractivity contribution in [2.75, 3.05) is 26.2 Å². The summed E-state index contributed by atoms with van der Waals surface area (Å²) in [5.41, 5.74) is 2.25. The monoisotopic (exact) mass is 474 g/mol. The predicted molar refractivity (Wildman–Crippen MR) is 123 cm³/mol. The maximum absolute atomic E-state index is 12.7. The van der Waals surface area contributed by atoms with Gasteiger partial charge in [-0.1, -0.05) is 0 Å². The third-order valence-corrected chi connectivity index (χ3v) is 6.80. The van der Waals surface area contributed by atoms with Crippen molar-refractivity contribution in [1.82, 2.24) is 20.2 Å². The second-order valence-electron chi connectivity index (χ2n) is 7.52. The number of carbonyl (C=O) groups excluding carboxylic acids is 1. The summed E-state index contributed by atoms with van der Waals surface area (Å²) in [6, 6.07) is 3.89. The number of amides is 1. The number of aromatic nitrogens is 2. The Morgan fingerprint density at radius 3 is 2.73 bits per heavy atom. The maximum Gasteiger partial charge on any atom is 0.348 e. The van der Waals surface area contributed by atoms with Gasteiger partial charge in [-0.3, -0.25) is 9.36 Å². The zero-order valence-corrected chi connectivity index (χ0v) is 19.6. The fourth-order valence-corrected chi connectivity index (χ4v) is 5.34. The Morgan fingerprint density at radius 2 is 2.03 bits per heavy atom. The lowest BCUT2D eigenvalue weighted by atomic mass is 9.83. The van der Waals surface area contributed by atoms with Crippen LogP contribution >= 0.6 is 36.2 Å². The Labute approximate surface area is 192 Å². The van der Waals surface area contributed by atoms with Gasteiger partial charge in [0.05, 0.1) is 17.1 Å². The molecule has 0 unspecified atom stereocenters. The second kappa shape index (κ2) is 10.2. The summed E-state index contributed by atoms with van der Waals surface area (Å²) in [6.45, 7) is 7.08. The number of nitrogens with one attached hydrogen (secondary N) is 2. The first-order valence-corrected chi connectivity index (χ1v) is 10.6. The quantitative estimate of drug-likeness (QED) is 0.709. The Morgan fingerprint density at radius 1 is 1.30 bits per heavy atom. The van der Waals surface area contributed by atoms with E-state index in [2.05, 4.69) is 15.6 Å². The SMILES string of the molecule is Cc1cc(C)n(CCNC(=O)c2cc3c(s2)CCOC32CCNCC2)c(=O)n1.Cl.Cl. The lowest BCUT2D eigenvalue weighted by Crippen LogP contribution is -2.44. The molecule has 0 atom stereocenters. The van der Waals surface area contributed by atoms with Gasteiger partial charge >= 0.3 is 5.69 Å². The molecule has 2 aliphatic heterocycles. The predicted octanol–water partition coefficient (Wildman–Crippen LogP) is 2.35. The molecule has 2 N–H and O–H groups in total. The zero-order chi connectivity index (χ0) is 19.7. The molecule has 0 aliphatic carbocycles. The highest BCUT2D eigenvalue weighted by atomic mass is 35.5.